The van der Waals surface area contributed by atoms with Crippen LogP contribution >= 0.6 is 0 Å². The largest absolute Gasteiger partial charge is 0.508 e. The number of carbonyl (C=O) groups excluding carboxylic acids is 1. The third kappa shape index (κ3) is 3.27. The first-order chi connectivity index (χ1) is 9.60. The quantitative estimate of drug-likeness (QED) is 0.683. The van der Waals surface area contributed by atoms with E-state index in [4.69, 9.17) is 5.73 Å². The van der Waals surface area contributed by atoms with Gasteiger partial charge in [-0.2, -0.15) is 0 Å². The first-order valence-electron chi connectivity index (χ1n) is 6.22. The van der Waals surface area contributed by atoms with Crippen LogP contribution in [0.25, 0.3) is 0 Å². The Labute approximate surface area is 116 Å². The summed E-state index contributed by atoms with van der Waals surface area (Å²) >= 11 is 0. The van der Waals surface area contributed by atoms with Crippen molar-refractivity contribution in [2.75, 3.05) is 11.9 Å². The van der Waals surface area contributed by atoms with Crippen molar-refractivity contribution in [3.63, 3.8) is 0 Å². The fourth-order valence-electron chi connectivity index (χ4n) is 1.83. The number of phenols is 2. The van der Waals surface area contributed by atoms with Gasteiger partial charge in [-0.15, -0.1) is 0 Å². The molecule has 0 unspecified atom stereocenters. The van der Waals surface area contributed by atoms with E-state index < -0.39 is 5.91 Å². The summed E-state index contributed by atoms with van der Waals surface area (Å²) in [7, 11) is 0. The highest BCUT2D eigenvalue weighted by Crippen LogP contribution is 2.23. The molecule has 2 rings (SSSR count). The van der Waals surface area contributed by atoms with Gasteiger partial charge < -0.3 is 21.3 Å². The zero-order valence-corrected chi connectivity index (χ0v) is 10.8. The molecule has 5 nitrogen and oxygen atoms in total. The molecule has 0 aliphatic carbocycles. The van der Waals surface area contributed by atoms with Gasteiger partial charge in [0.15, 0.2) is 0 Å². The molecule has 0 bridgehead atoms. The Hall–Kier alpha value is -2.53. The second-order valence-electron chi connectivity index (χ2n) is 4.39. The molecule has 1 amide bonds. The standard InChI is InChI=1S/C15H16N2O3/c16-8-7-10-1-3-11(4-2-10)17-15(20)13-6-5-12(18)9-14(13)19/h1-6,9,18-19H,7-8,16H2,(H,17,20). The fourth-order valence-corrected chi connectivity index (χ4v) is 1.83. The molecule has 0 fully saturated rings. The lowest BCUT2D eigenvalue weighted by atomic mass is 10.1. The van der Waals surface area contributed by atoms with Gasteiger partial charge in [0.2, 0.25) is 0 Å². The van der Waals surface area contributed by atoms with E-state index in [1.54, 1.807) is 12.1 Å². The third-order valence-electron chi connectivity index (χ3n) is 2.87. The molecule has 0 saturated heterocycles. The second kappa shape index (κ2) is 6.08. The van der Waals surface area contributed by atoms with Crippen molar-refractivity contribution in [2.45, 2.75) is 6.42 Å². The fraction of sp³-hybridized carbons (Fsp3) is 0.133. The van der Waals surface area contributed by atoms with Crippen molar-refractivity contribution >= 4 is 11.6 Å². The molecule has 0 atom stereocenters. The summed E-state index contributed by atoms with van der Waals surface area (Å²) in [5.41, 5.74) is 7.29. The average molecular weight is 272 g/mol. The van der Waals surface area contributed by atoms with Gasteiger partial charge in [-0.05, 0) is 42.8 Å². The number of anilines is 1. The van der Waals surface area contributed by atoms with Crippen molar-refractivity contribution < 1.29 is 15.0 Å². The number of hydrogen-bond donors (Lipinski definition) is 4. The van der Waals surface area contributed by atoms with E-state index in [-0.39, 0.29) is 17.1 Å². The van der Waals surface area contributed by atoms with Crippen LogP contribution in [0, 0.1) is 0 Å². The van der Waals surface area contributed by atoms with E-state index >= 15 is 0 Å². The summed E-state index contributed by atoms with van der Waals surface area (Å²) in [6.07, 6.45) is 0.785. The van der Waals surface area contributed by atoms with Crippen molar-refractivity contribution in [3.8, 4) is 11.5 Å². The lowest BCUT2D eigenvalue weighted by Gasteiger charge is -2.08. The minimum absolute atomic E-state index is 0.0924. The van der Waals surface area contributed by atoms with Crippen molar-refractivity contribution in [1.29, 1.82) is 0 Å². The first kappa shape index (κ1) is 13.9. The number of benzene rings is 2. The Morgan fingerprint density at radius 1 is 1.10 bits per heavy atom. The van der Waals surface area contributed by atoms with Gasteiger partial charge in [0.05, 0.1) is 5.56 Å². The SMILES string of the molecule is NCCc1ccc(NC(=O)c2ccc(O)cc2O)cc1. The minimum Gasteiger partial charge on any atom is -0.508 e. The minimum atomic E-state index is -0.436. The third-order valence-corrected chi connectivity index (χ3v) is 2.87. The molecule has 0 aliphatic heterocycles. The summed E-state index contributed by atoms with van der Waals surface area (Å²) in [6, 6.07) is 11.2. The maximum atomic E-state index is 12.0. The van der Waals surface area contributed by atoms with Gasteiger partial charge in [-0.25, -0.2) is 0 Å². The molecule has 20 heavy (non-hydrogen) atoms. The van der Waals surface area contributed by atoms with Gasteiger partial charge in [0.25, 0.3) is 5.91 Å². The molecule has 0 saturated carbocycles. The molecule has 0 aliphatic rings. The zero-order valence-electron chi connectivity index (χ0n) is 10.8. The van der Waals surface area contributed by atoms with E-state index in [2.05, 4.69) is 5.32 Å². The zero-order chi connectivity index (χ0) is 14.5. The monoisotopic (exact) mass is 272 g/mol. The van der Waals surface area contributed by atoms with Crippen LogP contribution in [0.4, 0.5) is 5.69 Å². The van der Waals surface area contributed by atoms with E-state index in [0.29, 0.717) is 12.2 Å². The van der Waals surface area contributed by atoms with Crippen molar-refractivity contribution in [2.24, 2.45) is 5.73 Å². The number of aromatic hydroxyl groups is 2. The van der Waals surface area contributed by atoms with Gasteiger partial charge in [-0.1, -0.05) is 12.1 Å². The van der Waals surface area contributed by atoms with E-state index in [0.717, 1.165) is 18.1 Å². The van der Waals surface area contributed by atoms with E-state index in [9.17, 15) is 15.0 Å². The number of nitrogens with one attached hydrogen (secondary N) is 1. The summed E-state index contributed by atoms with van der Waals surface area (Å²) < 4.78 is 0. The first-order valence-corrected chi connectivity index (χ1v) is 6.22. The molecule has 0 aromatic heterocycles. The maximum Gasteiger partial charge on any atom is 0.259 e. The summed E-state index contributed by atoms with van der Waals surface area (Å²) in [6.45, 7) is 0.576. The lowest BCUT2D eigenvalue weighted by Crippen LogP contribution is -2.12. The molecular weight excluding hydrogens is 256 g/mol. The molecule has 2 aromatic carbocycles. The van der Waals surface area contributed by atoms with E-state index in [1.165, 1.54) is 12.1 Å². The highest BCUT2D eigenvalue weighted by molar-refractivity contribution is 6.06. The lowest BCUT2D eigenvalue weighted by molar-refractivity contribution is 0.102. The second-order valence-corrected chi connectivity index (χ2v) is 4.39. The average Bonchev–Trinajstić information content (AvgIpc) is 2.41. The van der Waals surface area contributed by atoms with Gasteiger partial charge in [0.1, 0.15) is 11.5 Å². The van der Waals surface area contributed by atoms with Crippen LogP contribution in [0.5, 0.6) is 11.5 Å². The van der Waals surface area contributed by atoms with Crippen molar-refractivity contribution in [3.05, 3.63) is 53.6 Å². The molecule has 0 heterocycles. The number of carbonyl (C=O) groups is 1. The van der Waals surface area contributed by atoms with Crippen LogP contribution in [-0.2, 0) is 6.42 Å². The number of phenolic OH excluding ortho intramolecular Hbond substituents is 2. The number of nitrogens with two attached hydrogens (primary N) is 1. The molecule has 104 valence electrons. The van der Waals surface area contributed by atoms with Crippen LogP contribution < -0.4 is 11.1 Å². The summed E-state index contributed by atoms with van der Waals surface area (Å²) in [4.78, 5) is 12.0. The Bertz CT molecular complexity index is 609. The number of amides is 1. The molecule has 0 radical (unpaired) electrons. The molecule has 5 heteroatoms. The maximum absolute atomic E-state index is 12.0. The van der Waals surface area contributed by atoms with Crippen LogP contribution in [0.1, 0.15) is 15.9 Å². The molecule has 5 N–H and O–H groups in total. The van der Waals surface area contributed by atoms with Crippen LogP contribution in [0.2, 0.25) is 0 Å². The topological polar surface area (TPSA) is 95.6 Å². The Morgan fingerprint density at radius 3 is 2.40 bits per heavy atom. The molecular formula is C15H16N2O3. The highest BCUT2D eigenvalue weighted by atomic mass is 16.3. The predicted octanol–water partition coefficient (Wildman–Crippen LogP) is 1.85. The Morgan fingerprint density at radius 2 is 1.80 bits per heavy atom. The van der Waals surface area contributed by atoms with Crippen molar-refractivity contribution in [1.82, 2.24) is 0 Å². The number of rotatable bonds is 4. The van der Waals surface area contributed by atoms with Crippen LogP contribution in [-0.4, -0.2) is 22.7 Å². The predicted molar refractivity (Wildman–Crippen MR) is 76.9 cm³/mol. The molecule has 2 aromatic rings. The molecule has 0 spiro atoms. The summed E-state index contributed by atoms with van der Waals surface area (Å²) in [5.74, 6) is -0.790. The van der Waals surface area contributed by atoms with Crippen LogP contribution in [0.15, 0.2) is 42.5 Å². The smallest absolute Gasteiger partial charge is 0.259 e. The Balaban J connectivity index is 2.11. The van der Waals surface area contributed by atoms with Gasteiger partial charge in [0, 0.05) is 11.8 Å². The highest BCUT2D eigenvalue weighted by Gasteiger charge is 2.11. The normalized spacial score (nSPS) is 10.2. The van der Waals surface area contributed by atoms with Crippen LogP contribution in [0.3, 0.4) is 0 Å². The van der Waals surface area contributed by atoms with E-state index in [1.807, 2.05) is 12.1 Å². The Kier molecular flexibility index (Phi) is 4.22. The summed E-state index contributed by atoms with van der Waals surface area (Å²) in [5, 5.41) is 21.5. The number of hydrogen-bond acceptors (Lipinski definition) is 4. The van der Waals surface area contributed by atoms with Gasteiger partial charge in [-0.3, -0.25) is 4.79 Å². The van der Waals surface area contributed by atoms with Gasteiger partial charge >= 0.3 is 0 Å².